The lowest BCUT2D eigenvalue weighted by atomic mass is 10.1. The van der Waals surface area contributed by atoms with Gasteiger partial charge < -0.3 is 14.6 Å². The average Bonchev–Trinajstić information content (AvgIpc) is 2.84. The molecule has 24 heavy (non-hydrogen) atoms. The Kier molecular flexibility index (Phi) is 5.50. The summed E-state index contributed by atoms with van der Waals surface area (Å²) in [6.07, 6.45) is 1.40. The van der Waals surface area contributed by atoms with Crippen molar-refractivity contribution >= 4 is 35.0 Å². The summed E-state index contributed by atoms with van der Waals surface area (Å²) in [6.45, 7) is 3.58. The van der Waals surface area contributed by atoms with Gasteiger partial charge in [-0.15, -0.1) is 0 Å². The minimum Gasteiger partial charge on any atom is -0.504 e. The molecule has 1 fully saturated rings. The van der Waals surface area contributed by atoms with Gasteiger partial charge in [-0.2, -0.15) is 0 Å². The maximum absolute atomic E-state index is 12.4. The van der Waals surface area contributed by atoms with Crippen molar-refractivity contribution in [2.24, 2.45) is 0 Å². The zero-order valence-electron chi connectivity index (χ0n) is 13.4. The molecule has 0 aliphatic carbocycles. The molecule has 1 aliphatic heterocycles. The summed E-state index contributed by atoms with van der Waals surface area (Å²) < 4.78 is 9.85. The Morgan fingerprint density at radius 3 is 2.75 bits per heavy atom. The van der Waals surface area contributed by atoms with Crippen LogP contribution in [0.2, 0.25) is 0 Å². The lowest BCUT2D eigenvalue weighted by Crippen LogP contribution is -2.42. The standard InChI is InChI=1S/C16H17NO6S/c1-4-23-11-7-5-6-10(13(11)18)8-12-14(19)17(16(21)24-12)9(2)15(20)22-3/h5-9,18H,4H2,1-3H3/b12-8+/t9-/m1/s1. The quantitative estimate of drug-likeness (QED) is 0.643. The molecule has 0 unspecified atom stereocenters. The summed E-state index contributed by atoms with van der Waals surface area (Å²) in [5.41, 5.74) is 0.345. The number of aromatic hydroxyl groups is 1. The third-order valence-electron chi connectivity index (χ3n) is 3.37. The molecule has 1 atom stereocenters. The predicted octanol–water partition coefficient (Wildman–Crippen LogP) is 2.39. The van der Waals surface area contributed by atoms with E-state index in [2.05, 4.69) is 4.74 Å². The van der Waals surface area contributed by atoms with Crippen molar-refractivity contribution < 1.29 is 29.0 Å². The lowest BCUT2D eigenvalue weighted by Gasteiger charge is -2.18. The molecule has 2 amide bonds. The van der Waals surface area contributed by atoms with Gasteiger partial charge in [0.15, 0.2) is 11.5 Å². The SMILES string of the molecule is CCOc1cccc(/C=C2/SC(=O)N([C@H](C)C(=O)OC)C2=O)c1O. The number of esters is 1. The molecule has 2 rings (SSSR count). The number of nitrogens with zero attached hydrogens (tertiary/aromatic N) is 1. The first-order valence-electron chi connectivity index (χ1n) is 7.20. The first kappa shape index (κ1) is 17.9. The number of ether oxygens (including phenoxy) is 2. The van der Waals surface area contributed by atoms with Crippen LogP contribution in [0.25, 0.3) is 6.08 Å². The average molecular weight is 351 g/mol. The summed E-state index contributed by atoms with van der Waals surface area (Å²) in [5, 5.41) is 9.61. The molecule has 0 bridgehead atoms. The molecule has 1 N–H and O–H groups in total. The molecule has 0 aromatic heterocycles. The monoisotopic (exact) mass is 351 g/mol. The fraction of sp³-hybridized carbons (Fsp3) is 0.312. The van der Waals surface area contributed by atoms with E-state index in [4.69, 9.17) is 4.74 Å². The Balaban J connectivity index is 2.32. The molecule has 0 spiro atoms. The zero-order chi connectivity index (χ0) is 17.9. The third kappa shape index (κ3) is 3.38. The van der Waals surface area contributed by atoms with Crippen LogP contribution in [0.5, 0.6) is 11.5 Å². The van der Waals surface area contributed by atoms with Crippen LogP contribution in [0.4, 0.5) is 4.79 Å². The fourth-order valence-electron chi connectivity index (χ4n) is 2.16. The maximum Gasteiger partial charge on any atom is 0.328 e. The summed E-state index contributed by atoms with van der Waals surface area (Å²) in [7, 11) is 1.19. The van der Waals surface area contributed by atoms with Gasteiger partial charge in [0.1, 0.15) is 6.04 Å². The van der Waals surface area contributed by atoms with Crippen molar-refractivity contribution in [3.63, 3.8) is 0 Å². The number of imide groups is 1. The minimum atomic E-state index is -1.02. The second-order valence-corrected chi connectivity index (χ2v) is 5.87. The number of thioether (sulfide) groups is 1. The number of phenolic OH excluding ortho intramolecular Hbond substituents is 1. The summed E-state index contributed by atoms with van der Waals surface area (Å²) in [6, 6.07) is 3.84. The molecular weight excluding hydrogens is 334 g/mol. The van der Waals surface area contributed by atoms with E-state index in [0.29, 0.717) is 23.9 Å². The van der Waals surface area contributed by atoms with Crippen LogP contribution < -0.4 is 4.74 Å². The number of carbonyl (C=O) groups is 3. The Labute approximate surface area is 143 Å². The van der Waals surface area contributed by atoms with E-state index in [1.54, 1.807) is 25.1 Å². The fourth-order valence-corrected chi connectivity index (χ4v) is 3.06. The second-order valence-electron chi connectivity index (χ2n) is 4.88. The van der Waals surface area contributed by atoms with E-state index in [1.807, 2.05) is 0 Å². The molecular formula is C16H17NO6S. The number of hydrogen-bond donors (Lipinski definition) is 1. The Bertz CT molecular complexity index is 715. The van der Waals surface area contributed by atoms with Gasteiger partial charge in [0.05, 0.1) is 18.6 Å². The maximum atomic E-state index is 12.4. The van der Waals surface area contributed by atoms with Crippen molar-refractivity contribution in [3.8, 4) is 11.5 Å². The lowest BCUT2D eigenvalue weighted by molar-refractivity contribution is -0.148. The zero-order valence-corrected chi connectivity index (χ0v) is 14.3. The van der Waals surface area contributed by atoms with Gasteiger partial charge in [-0.25, -0.2) is 4.79 Å². The number of hydrogen-bond acceptors (Lipinski definition) is 7. The van der Waals surface area contributed by atoms with Gasteiger partial charge in [-0.1, -0.05) is 12.1 Å². The van der Waals surface area contributed by atoms with Crippen molar-refractivity contribution in [3.05, 3.63) is 28.7 Å². The van der Waals surface area contributed by atoms with E-state index in [-0.39, 0.29) is 16.4 Å². The number of para-hydroxylation sites is 1. The molecule has 7 nitrogen and oxygen atoms in total. The number of rotatable bonds is 5. The van der Waals surface area contributed by atoms with Gasteiger partial charge in [0, 0.05) is 5.56 Å². The van der Waals surface area contributed by atoms with Gasteiger partial charge in [0.25, 0.3) is 11.1 Å². The summed E-state index contributed by atoms with van der Waals surface area (Å²) in [4.78, 5) is 37.0. The Morgan fingerprint density at radius 2 is 2.12 bits per heavy atom. The second kappa shape index (κ2) is 7.39. The van der Waals surface area contributed by atoms with Crippen LogP contribution in [0.15, 0.2) is 23.1 Å². The highest BCUT2D eigenvalue weighted by molar-refractivity contribution is 8.18. The number of phenols is 1. The van der Waals surface area contributed by atoms with Gasteiger partial charge >= 0.3 is 5.97 Å². The van der Waals surface area contributed by atoms with Crippen molar-refractivity contribution in [1.29, 1.82) is 0 Å². The molecule has 1 aliphatic rings. The highest BCUT2D eigenvalue weighted by Crippen LogP contribution is 2.37. The van der Waals surface area contributed by atoms with E-state index in [1.165, 1.54) is 20.1 Å². The third-order valence-corrected chi connectivity index (χ3v) is 4.25. The molecule has 1 aromatic rings. The minimum absolute atomic E-state index is 0.111. The molecule has 8 heteroatoms. The van der Waals surface area contributed by atoms with Gasteiger partial charge in [0.2, 0.25) is 0 Å². The van der Waals surface area contributed by atoms with Crippen LogP contribution in [0, 0.1) is 0 Å². The van der Waals surface area contributed by atoms with E-state index < -0.39 is 23.2 Å². The van der Waals surface area contributed by atoms with Crippen LogP contribution in [-0.2, 0) is 14.3 Å². The Hall–Kier alpha value is -2.48. The molecule has 0 radical (unpaired) electrons. The van der Waals surface area contributed by atoms with E-state index in [9.17, 15) is 19.5 Å². The van der Waals surface area contributed by atoms with Crippen LogP contribution in [0.3, 0.4) is 0 Å². The molecule has 1 aromatic carbocycles. The first-order chi connectivity index (χ1) is 11.4. The first-order valence-corrected chi connectivity index (χ1v) is 8.02. The normalized spacial score (nSPS) is 17.3. The summed E-state index contributed by atoms with van der Waals surface area (Å²) in [5.74, 6) is -1.12. The molecule has 1 saturated heterocycles. The van der Waals surface area contributed by atoms with Crippen molar-refractivity contribution in [2.45, 2.75) is 19.9 Å². The smallest absolute Gasteiger partial charge is 0.328 e. The highest BCUT2D eigenvalue weighted by atomic mass is 32.2. The number of carbonyl (C=O) groups excluding carboxylic acids is 3. The number of amides is 2. The molecule has 128 valence electrons. The van der Waals surface area contributed by atoms with Gasteiger partial charge in [-0.3, -0.25) is 14.5 Å². The van der Waals surface area contributed by atoms with Crippen LogP contribution in [0.1, 0.15) is 19.4 Å². The molecule has 0 saturated carbocycles. The number of benzene rings is 1. The predicted molar refractivity (Wildman–Crippen MR) is 88.6 cm³/mol. The van der Waals surface area contributed by atoms with Crippen molar-refractivity contribution in [2.75, 3.05) is 13.7 Å². The Morgan fingerprint density at radius 1 is 1.42 bits per heavy atom. The topological polar surface area (TPSA) is 93.1 Å². The van der Waals surface area contributed by atoms with Gasteiger partial charge in [-0.05, 0) is 37.8 Å². The van der Waals surface area contributed by atoms with Crippen LogP contribution >= 0.6 is 11.8 Å². The number of methoxy groups -OCH3 is 1. The van der Waals surface area contributed by atoms with Crippen LogP contribution in [-0.4, -0.2) is 46.9 Å². The highest BCUT2D eigenvalue weighted by Gasteiger charge is 2.41. The van der Waals surface area contributed by atoms with E-state index in [0.717, 1.165) is 4.90 Å². The summed E-state index contributed by atoms with van der Waals surface area (Å²) >= 11 is 0.700. The molecule has 1 heterocycles. The largest absolute Gasteiger partial charge is 0.504 e. The van der Waals surface area contributed by atoms with Crippen molar-refractivity contribution in [1.82, 2.24) is 4.90 Å². The van der Waals surface area contributed by atoms with E-state index >= 15 is 0 Å².